The molecule has 1 aromatic carbocycles. The molecule has 0 bridgehead atoms. The topological polar surface area (TPSA) is 124 Å². The Morgan fingerprint density at radius 1 is 1.07 bits per heavy atom. The van der Waals surface area contributed by atoms with E-state index in [1.807, 2.05) is 11.0 Å². The molecule has 1 N–H and O–H groups in total. The molecule has 41 heavy (non-hydrogen) atoms. The van der Waals surface area contributed by atoms with Crippen LogP contribution in [0.5, 0.6) is 5.88 Å². The number of methoxy groups -OCH3 is 1. The number of aliphatic hydroxyl groups is 1. The fraction of sp³-hybridized carbons (Fsp3) is 0.345. The van der Waals surface area contributed by atoms with Gasteiger partial charge in [0.05, 0.1) is 42.3 Å². The van der Waals surface area contributed by atoms with Crippen molar-refractivity contribution in [2.45, 2.75) is 31.2 Å². The Kier molecular flexibility index (Phi) is 7.39. The molecule has 0 aliphatic carbocycles. The van der Waals surface area contributed by atoms with E-state index in [-0.39, 0.29) is 49.6 Å². The van der Waals surface area contributed by atoms with E-state index in [4.69, 9.17) is 4.74 Å². The summed E-state index contributed by atoms with van der Waals surface area (Å²) in [6.07, 6.45) is 0.229. The summed E-state index contributed by atoms with van der Waals surface area (Å²) in [5.41, 5.74) is 0.820. The lowest BCUT2D eigenvalue weighted by Gasteiger charge is -2.33. The average molecular weight is 562 g/mol. The molecule has 0 spiro atoms. The molecule has 9 nitrogen and oxygen atoms in total. The van der Waals surface area contributed by atoms with Gasteiger partial charge in [-0.1, -0.05) is 12.1 Å². The van der Waals surface area contributed by atoms with Gasteiger partial charge in [0.15, 0.2) is 5.60 Å². The van der Waals surface area contributed by atoms with Crippen LogP contribution in [0.3, 0.4) is 0 Å². The number of ether oxygens (including phenoxy) is 1. The number of rotatable bonds is 6. The third-order valence-corrected chi connectivity index (χ3v) is 7.69. The quantitative estimate of drug-likeness (QED) is 0.372. The molecule has 0 radical (unpaired) electrons. The minimum absolute atomic E-state index is 0.0186. The number of nitrogens with zero attached hydrogens (tertiary/aromatic N) is 7. The highest BCUT2D eigenvalue weighted by Gasteiger charge is 2.41. The molecule has 0 saturated carbocycles. The molecule has 3 aromatic heterocycles. The van der Waals surface area contributed by atoms with Gasteiger partial charge in [0.25, 0.3) is 0 Å². The van der Waals surface area contributed by atoms with Gasteiger partial charge in [-0.05, 0) is 49.7 Å². The Hall–Kier alpha value is -4.52. The average Bonchev–Trinajstić information content (AvgIpc) is 3.42. The largest absolute Gasteiger partial charge is 0.481 e. The maximum absolute atomic E-state index is 13.2. The summed E-state index contributed by atoms with van der Waals surface area (Å²) >= 11 is 0. The smallest absolute Gasteiger partial charge is 0.391 e. The van der Waals surface area contributed by atoms with Crippen molar-refractivity contribution in [1.82, 2.24) is 24.4 Å². The lowest BCUT2D eigenvalue weighted by Crippen LogP contribution is -2.38. The number of alkyl halides is 3. The number of hydrogen-bond acceptors (Lipinski definition) is 8. The zero-order chi connectivity index (χ0) is 29.4. The summed E-state index contributed by atoms with van der Waals surface area (Å²) in [7, 11) is 3.17. The first kappa shape index (κ1) is 28.0. The fourth-order valence-electron chi connectivity index (χ4n) is 5.43. The number of benzene rings is 1. The van der Waals surface area contributed by atoms with Gasteiger partial charge in [-0.25, -0.2) is 15.0 Å². The predicted octanol–water partition coefficient (Wildman–Crippen LogP) is 4.17. The summed E-state index contributed by atoms with van der Waals surface area (Å²) in [5, 5.41) is 32.2. The van der Waals surface area contributed by atoms with Crippen LogP contribution < -0.4 is 4.74 Å². The third-order valence-electron chi connectivity index (χ3n) is 7.69. The van der Waals surface area contributed by atoms with Gasteiger partial charge < -0.3 is 14.4 Å². The molecule has 4 heterocycles. The van der Waals surface area contributed by atoms with E-state index < -0.39 is 17.7 Å². The molecule has 1 saturated heterocycles. The molecule has 4 aromatic rings. The first-order valence-electron chi connectivity index (χ1n) is 12.9. The van der Waals surface area contributed by atoms with Crippen molar-refractivity contribution in [3.63, 3.8) is 0 Å². The first-order chi connectivity index (χ1) is 19.6. The van der Waals surface area contributed by atoms with Crippen LogP contribution in [-0.2, 0) is 19.2 Å². The molecule has 0 amide bonds. The van der Waals surface area contributed by atoms with Crippen molar-refractivity contribution in [2.75, 3.05) is 20.2 Å². The number of imidazole rings is 1. The van der Waals surface area contributed by atoms with E-state index >= 15 is 0 Å². The standard InChI is InChI=1S/C29H26F3N7O2/c1-38-17-35-15-26(38)28(40,20-3-5-21(12-33)36-14-20)19-4-6-25-22(11-19)23(13-34)24(27(37-25)41-2)16-39-9-7-18(8-10-39)29(30,31)32/h3-6,11,14-15,17-18,40H,7-10,16H2,1-2H3. The van der Waals surface area contributed by atoms with E-state index in [1.54, 1.807) is 42.2 Å². The summed E-state index contributed by atoms with van der Waals surface area (Å²) in [5.74, 6) is -1.12. The van der Waals surface area contributed by atoms with Gasteiger partial charge >= 0.3 is 6.18 Å². The van der Waals surface area contributed by atoms with Crippen LogP contribution in [0, 0.1) is 28.6 Å². The predicted molar refractivity (Wildman–Crippen MR) is 141 cm³/mol. The van der Waals surface area contributed by atoms with E-state index in [1.165, 1.54) is 25.6 Å². The normalized spacial score (nSPS) is 16.2. The molecular weight excluding hydrogens is 535 g/mol. The Labute approximate surface area is 234 Å². The Morgan fingerprint density at radius 3 is 2.37 bits per heavy atom. The summed E-state index contributed by atoms with van der Waals surface area (Å²) < 4.78 is 46.8. The highest BCUT2D eigenvalue weighted by molar-refractivity contribution is 5.88. The van der Waals surface area contributed by atoms with Crippen molar-refractivity contribution in [3.8, 4) is 18.0 Å². The SMILES string of the molecule is COc1nc2ccc(C(O)(c3ccc(C#N)nc3)c3cncn3C)cc2c(C#N)c1CN1CCC(C(F)(F)F)CC1. The van der Waals surface area contributed by atoms with Gasteiger partial charge in [-0.15, -0.1) is 0 Å². The molecule has 1 aliphatic heterocycles. The van der Waals surface area contributed by atoms with Crippen LogP contribution >= 0.6 is 0 Å². The molecule has 12 heteroatoms. The van der Waals surface area contributed by atoms with Crippen molar-refractivity contribution in [3.05, 3.63) is 82.7 Å². The number of nitriles is 2. The lowest BCUT2D eigenvalue weighted by atomic mass is 9.83. The Morgan fingerprint density at radius 2 is 1.80 bits per heavy atom. The molecule has 1 aliphatic rings. The minimum Gasteiger partial charge on any atom is -0.481 e. The highest BCUT2D eigenvalue weighted by atomic mass is 19.4. The van der Waals surface area contributed by atoms with E-state index in [0.717, 1.165) is 0 Å². The zero-order valence-electron chi connectivity index (χ0n) is 22.4. The zero-order valence-corrected chi connectivity index (χ0v) is 22.4. The van der Waals surface area contributed by atoms with Crippen LogP contribution in [0.15, 0.2) is 49.1 Å². The van der Waals surface area contributed by atoms with E-state index in [0.29, 0.717) is 33.3 Å². The van der Waals surface area contributed by atoms with Crippen molar-refractivity contribution in [1.29, 1.82) is 10.5 Å². The second-order valence-electron chi connectivity index (χ2n) is 10.1. The number of likely N-dealkylation sites (tertiary alicyclic amines) is 1. The lowest BCUT2D eigenvalue weighted by molar-refractivity contribution is -0.185. The molecule has 1 unspecified atom stereocenters. The van der Waals surface area contributed by atoms with Gasteiger partial charge in [0.1, 0.15) is 17.8 Å². The number of halogens is 3. The summed E-state index contributed by atoms with van der Waals surface area (Å²) in [6.45, 7) is 0.639. The molecule has 1 fully saturated rings. The third kappa shape index (κ3) is 5.08. The van der Waals surface area contributed by atoms with E-state index in [9.17, 15) is 28.8 Å². The van der Waals surface area contributed by atoms with Gasteiger partial charge in [-0.3, -0.25) is 4.90 Å². The van der Waals surface area contributed by atoms with Crippen molar-refractivity contribution in [2.24, 2.45) is 13.0 Å². The number of fused-ring (bicyclic) bond motifs is 1. The van der Waals surface area contributed by atoms with Crippen LogP contribution in [0.25, 0.3) is 10.9 Å². The molecular formula is C29H26F3N7O2. The summed E-state index contributed by atoms with van der Waals surface area (Å²) in [4.78, 5) is 14.8. The minimum atomic E-state index is -4.22. The monoisotopic (exact) mass is 561 g/mol. The van der Waals surface area contributed by atoms with Crippen molar-refractivity contribution >= 4 is 10.9 Å². The van der Waals surface area contributed by atoms with Crippen LogP contribution in [0.2, 0.25) is 0 Å². The fourth-order valence-corrected chi connectivity index (χ4v) is 5.43. The number of aryl methyl sites for hydroxylation is 1. The Bertz CT molecular complexity index is 1660. The van der Waals surface area contributed by atoms with E-state index in [2.05, 4.69) is 21.0 Å². The maximum atomic E-state index is 13.2. The maximum Gasteiger partial charge on any atom is 0.391 e. The highest BCUT2D eigenvalue weighted by Crippen LogP contribution is 2.40. The van der Waals surface area contributed by atoms with Gasteiger partial charge in [-0.2, -0.15) is 23.7 Å². The van der Waals surface area contributed by atoms with Gasteiger partial charge in [0.2, 0.25) is 5.88 Å². The molecule has 210 valence electrons. The van der Waals surface area contributed by atoms with Crippen molar-refractivity contribution < 1.29 is 23.0 Å². The number of hydrogen-bond donors (Lipinski definition) is 1. The van der Waals surface area contributed by atoms with Crippen LogP contribution in [-0.4, -0.2) is 55.9 Å². The number of aromatic nitrogens is 4. The molecule has 1 atom stereocenters. The second-order valence-corrected chi connectivity index (χ2v) is 10.1. The van der Waals surface area contributed by atoms with Crippen LogP contribution in [0.4, 0.5) is 13.2 Å². The van der Waals surface area contributed by atoms with Crippen LogP contribution in [0.1, 0.15) is 46.5 Å². The summed E-state index contributed by atoms with van der Waals surface area (Å²) in [6, 6.07) is 12.3. The van der Waals surface area contributed by atoms with Gasteiger partial charge in [0, 0.05) is 36.3 Å². The number of pyridine rings is 2. The first-order valence-corrected chi connectivity index (χ1v) is 12.9. The molecule has 5 rings (SSSR count). The number of piperidine rings is 1. The Balaban J connectivity index is 1.62. The second kappa shape index (κ2) is 10.8.